The average molecular weight is 1220 g/mol. The number of ketones is 3. The standard InChI is InChI=1S/C55H107N21O10/c1-6-47(81)73(37-46(80)66-29-33-74(48(82)7-2)42(20-15-25-70-54(61)62)45(79)36-72-40(38(5)77)18-11-13-23-57)31-28-68-52(86)43(21-16-26-71-55(63)64)76(50(84)9-4)32-27-65-35-44(78)41(19-14-24-69-53(59)60)75(49(83)8-3)34-30-67-51(85)39(58)17-10-12-22-56/h39-43,65,72H,6-37,56-58H2,1-5H3,(H,66,80)(H,67,85)(H,68,86)(H4,59,60,69)(H4,61,62,70)(H4,63,64,71)/t39-,40-,41-,42-,43-/m0/s1. The van der Waals surface area contributed by atoms with Gasteiger partial charge >= 0.3 is 0 Å². The first kappa shape index (κ1) is 78.9. The number of Topliss-reactive ketones (excluding diaryl/α,β-unsaturated/α-hetero) is 3. The second-order valence-electron chi connectivity index (χ2n) is 20.6. The van der Waals surface area contributed by atoms with Gasteiger partial charge in [0.2, 0.25) is 41.4 Å². The van der Waals surface area contributed by atoms with Crippen LogP contribution >= 0.6 is 0 Å². The molecule has 0 spiro atoms. The molecule has 492 valence electrons. The summed E-state index contributed by atoms with van der Waals surface area (Å²) >= 11 is 0. The van der Waals surface area contributed by atoms with Crippen LogP contribution in [-0.2, 0) is 47.9 Å². The molecule has 0 saturated heterocycles. The zero-order valence-electron chi connectivity index (χ0n) is 51.9. The van der Waals surface area contributed by atoms with Crippen LogP contribution in [0.3, 0.4) is 0 Å². The number of hydrogen-bond acceptors (Lipinski definition) is 18. The summed E-state index contributed by atoms with van der Waals surface area (Å²) in [5, 5.41) is 14.4. The maximum absolute atomic E-state index is 14.2. The molecule has 0 aliphatic heterocycles. The van der Waals surface area contributed by atoms with E-state index < -0.39 is 60.4 Å². The molecule has 0 aliphatic carbocycles. The van der Waals surface area contributed by atoms with Crippen LogP contribution in [0, 0.1) is 0 Å². The van der Waals surface area contributed by atoms with E-state index in [-0.39, 0.29) is 189 Å². The summed E-state index contributed by atoms with van der Waals surface area (Å²) in [5.41, 5.74) is 50.5. The van der Waals surface area contributed by atoms with Crippen molar-refractivity contribution in [1.29, 1.82) is 0 Å². The van der Waals surface area contributed by atoms with E-state index in [1.807, 2.05) is 0 Å². The number of nitrogens with zero attached hydrogens (tertiary/aromatic N) is 7. The minimum atomic E-state index is -1.07. The third-order valence-electron chi connectivity index (χ3n) is 13.9. The van der Waals surface area contributed by atoms with Gasteiger partial charge in [0, 0.05) is 97.7 Å². The molecule has 0 radical (unpaired) electrons. The van der Waals surface area contributed by atoms with Crippen LogP contribution in [0.15, 0.2) is 15.0 Å². The minimum Gasteiger partial charge on any atom is -0.370 e. The Labute approximate surface area is 508 Å². The Kier molecular flexibility index (Phi) is 43.2. The van der Waals surface area contributed by atoms with Gasteiger partial charge < -0.3 is 97.8 Å². The smallest absolute Gasteiger partial charge is 0.242 e. The fourth-order valence-electron chi connectivity index (χ4n) is 9.24. The third-order valence-corrected chi connectivity index (χ3v) is 13.9. The van der Waals surface area contributed by atoms with Gasteiger partial charge in [-0.1, -0.05) is 40.5 Å². The second-order valence-corrected chi connectivity index (χ2v) is 20.6. The number of hydrogen-bond donors (Lipinski definition) is 14. The first-order valence-corrected chi connectivity index (χ1v) is 30.2. The largest absolute Gasteiger partial charge is 0.370 e. The molecular formula is C55H107N21O10. The highest BCUT2D eigenvalue weighted by molar-refractivity contribution is 5.92. The van der Waals surface area contributed by atoms with Crippen LogP contribution < -0.4 is 78.2 Å². The zero-order valence-corrected chi connectivity index (χ0v) is 51.9. The molecule has 0 unspecified atom stereocenters. The Morgan fingerprint density at radius 2 is 0.860 bits per heavy atom. The van der Waals surface area contributed by atoms with E-state index >= 15 is 0 Å². The number of carbonyl (C=O) groups is 10. The summed E-state index contributed by atoms with van der Waals surface area (Å²) in [5.74, 6) is -4.30. The highest BCUT2D eigenvalue weighted by Crippen LogP contribution is 2.15. The SMILES string of the molecule is CCC(=O)N(CCNC(=O)[C@H](CCCN=C(N)N)N(CCNCC(=O)[C@H](CCCN=C(N)N)N(CCNC(=O)[C@@H](N)CCCCN)C(=O)CC)C(=O)CC)CC(=O)NCCN(C(=O)CC)[C@@H](CCCN=C(N)N)C(=O)CN[C@@H](CCCCN)C(C)=O. The summed E-state index contributed by atoms with van der Waals surface area (Å²) in [4.78, 5) is 152. The molecule has 0 aliphatic rings. The van der Waals surface area contributed by atoms with Gasteiger partial charge in [0.15, 0.2) is 29.4 Å². The molecule has 0 heterocycles. The summed E-state index contributed by atoms with van der Waals surface area (Å²) < 4.78 is 0. The van der Waals surface area contributed by atoms with Gasteiger partial charge in [-0.05, 0) is 84.2 Å². The Morgan fingerprint density at radius 1 is 0.453 bits per heavy atom. The lowest BCUT2D eigenvalue weighted by atomic mass is 10.0. The van der Waals surface area contributed by atoms with Crippen molar-refractivity contribution >= 4 is 76.6 Å². The van der Waals surface area contributed by atoms with Gasteiger partial charge in [0.05, 0.1) is 43.8 Å². The normalized spacial score (nSPS) is 12.7. The zero-order chi connectivity index (χ0) is 65.0. The molecule has 86 heavy (non-hydrogen) atoms. The van der Waals surface area contributed by atoms with Crippen LogP contribution in [0.1, 0.15) is 137 Å². The predicted octanol–water partition coefficient (Wildman–Crippen LogP) is -4.58. The van der Waals surface area contributed by atoms with Crippen LogP contribution in [0.4, 0.5) is 0 Å². The highest BCUT2D eigenvalue weighted by atomic mass is 16.2. The molecule has 0 saturated carbocycles. The quantitative estimate of drug-likeness (QED) is 0.0155. The second kappa shape index (κ2) is 47.1. The van der Waals surface area contributed by atoms with Crippen molar-refractivity contribution in [2.24, 2.45) is 66.6 Å². The Balaban J connectivity index is 6.35. The van der Waals surface area contributed by atoms with Crippen LogP contribution in [0.2, 0.25) is 0 Å². The number of amides is 7. The number of aliphatic imine (C=N–C) groups is 3. The van der Waals surface area contributed by atoms with Gasteiger partial charge in [-0.25, -0.2) is 0 Å². The van der Waals surface area contributed by atoms with Crippen molar-refractivity contribution in [1.82, 2.24) is 46.2 Å². The minimum absolute atomic E-state index is 0.0123. The lowest BCUT2D eigenvalue weighted by Crippen LogP contribution is -2.54. The van der Waals surface area contributed by atoms with Crippen LogP contribution in [-0.4, -0.2) is 231 Å². The van der Waals surface area contributed by atoms with Gasteiger partial charge in [-0.15, -0.1) is 0 Å². The first-order valence-electron chi connectivity index (χ1n) is 30.2. The molecule has 31 heteroatoms. The summed E-state index contributed by atoms with van der Waals surface area (Å²) in [7, 11) is 0. The first-order chi connectivity index (χ1) is 40.9. The number of guanidine groups is 3. The molecule has 0 aromatic carbocycles. The van der Waals surface area contributed by atoms with Gasteiger partial charge in [-0.2, -0.15) is 0 Å². The molecule has 5 atom stereocenters. The number of carbonyl (C=O) groups excluding carboxylic acids is 10. The molecule has 0 fully saturated rings. The molecular weight excluding hydrogens is 1110 g/mol. The molecule has 0 bridgehead atoms. The molecule has 23 N–H and O–H groups in total. The summed E-state index contributed by atoms with van der Waals surface area (Å²) in [6, 6.07) is -4.32. The van der Waals surface area contributed by atoms with Crippen molar-refractivity contribution in [2.75, 3.05) is 105 Å². The summed E-state index contributed by atoms with van der Waals surface area (Å²) in [6.45, 7) is 8.23. The monoisotopic (exact) mass is 1220 g/mol. The van der Waals surface area contributed by atoms with E-state index in [9.17, 15) is 47.9 Å². The number of unbranched alkanes of at least 4 members (excludes halogenated alkanes) is 2. The van der Waals surface area contributed by atoms with E-state index in [0.717, 1.165) is 0 Å². The van der Waals surface area contributed by atoms with Crippen molar-refractivity contribution < 1.29 is 47.9 Å². The molecule has 31 nitrogen and oxygen atoms in total. The number of nitrogens with two attached hydrogens (primary N) is 9. The van der Waals surface area contributed by atoms with E-state index in [0.29, 0.717) is 64.5 Å². The van der Waals surface area contributed by atoms with E-state index in [1.54, 1.807) is 27.7 Å². The lowest BCUT2D eigenvalue weighted by Gasteiger charge is -2.32. The van der Waals surface area contributed by atoms with Crippen molar-refractivity contribution in [2.45, 2.75) is 168 Å². The Bertz CT molecular complexity index is 2170. The van der Waals surface area contributed by atoms with E-state index in [2.05, 4.69) is 41.6 Å². The maximum atomic E-state index is 14.2. The van der Waals surface area contributed by atoms with Gasteiger partial charge in [0.1, 0.15) is 11.8 Å². The molecule has 7 amide bonds. The number of rotatable bonds is 51. The third kappa shape index (κ3) is 34.2. The Morgan fingerprint density at radius 3 is 1.31 bits per heavy atom. The van der Waals surface area contributed by atoms with Crippen LogP contribution in [0.5, 0.6) is 0 Å². The van der Waals surface area contributed by atoms with Crippen molar-refractivity contribution in [3.05, 3.63) is 0 Å². The molecule has 0 aromatic heterocycles. The van der Waals surface area contributed by atoms with Crippen molar-refractivity contribution in [3.8, 4) is 0 Å². The van der Waals surface area contributed by atoms with Gasteiger partial charge in [-0.3, -0.25) is 62.9 Å². The van der Waals surface area contributed by atoms with Crippen molar-refractivity contribution in [3.63, 3.8) is 0 Å². The fraction of sp³-hybridized carbons (Fsp3) is 0.764. The topological polar surface area (TPSA) is 515 Å². The summed E-state index contributed by atoms with van der Waals surface area (Å²) in [6.07, 6.45) is 5.28. The highest BCUT2D eigenvalue weighted by Gasteiger charge is 2.33. The lowest BCUT2D eigenvalue weighted by molar-refractivity contribution is -0.141. The molecule has 0 rings (SSSR count). The van der Waals surface area contributed by atoms with E-state index in [4.69, 9.17) is 51.6 Å². The average Bonchev–Trinajstić information content (AvgIpc) is 2.91. The number of nitrogens with one attached hydrogen (secondary N) is 5. The Hall–Kier alpha value is -7.09. The molecule has 0 aromatic rings. The maximum Gasteiger partial charge on any atom is 0.242 e. The van der Waals surface area contributed by atoms with Gasteiger partial charge in [0.25, 0.3) is 0 Å². The van der Waals surface area contributed by atoms with Crippen LogP contribution in [0.25, 0.3) is 0 Å². The van der Waals surface area contributed by atoms with E-state index in [1.165, 1.54) is 26.5 Å². The predicted molar refractivity (Wildman–Crippen MR) is 332 cm³/mol. The fourth-order valence-corrected chi connectivity index (χ4v) is 9.24.